The second-order valence-corrected chi connectivity index (χ2v) is 10.5. The molecule has 7 nitrogen and oxygen atoms in total. The second-order valence-electron chi connectivity index (χ2n) is 10.5. The van der Waals surface area contributed by atoms with Gasteiger partial charge in [-0.1, -0.05) is 24.3 Å². The molecule has 2 aliphatic rings. The van der Waals surface area contributed by atoms with E-state index in [-0.39, 0.29) is 24.5 Å². The molecule has 2 aromatic rings. The highest BCUT2D eigenvalue weighted by molar-refractivity contribution is 5.70. The van der Waals surface area contributed by atoms with Crippen LogP contribution in [0.4, 0.5) is 31.1 Å². The van der Waals surface area contributed by atoms with Gasteiger partial charge in [0.1, 0.15) is 18.4 Å². The summed E-state index contributed by atoms with van der Waals surface area (Å²) in [4.78, 5) is 16.0. The number of benzene rings is 2. The van der Waals surface area contributed by atoms with E-state index in [1.165, 1.54) is 29.2 Å². The van der Waals surface area contributed by atoms with E-state index in [1.807, 2.05) is 0 Å². The molecule has 0 unspecified atom stereocenters. The van der Waals surface area contributed by atoms with Crippen molar-refractivity contribution in [1.29, 1.82) is 0 Å². The molecule has 2 aromatic carbocycles. The summed E-state index contributed by atoms with van der Waals surface area (Å²) in [5, 5.41) is 0. The van der Waals surface area contributed by atoms with Gasteiger partial charge in [0.05, 0.1) is 30.9 Å². The predicted octanol–water partition coefficient (Wildman–Crippen LogP) is 6.13. The van der Waals surface area contributed by atoms with Gasteiger partial charge in [0.15, 0.2) is 0 Å². The molecular formula is C29H34F6N2O5. The Morgan fingerprint density at radius 1 is 0.905 bits per heavy atom. The minimum atomic E-state index is -4.61. The van der Waals surface area contributed by atoms with Crippen LogP contribution in [0.2, 0.25) is 0 Å². The molecule has 0 radical (unpaired) electrons. The third kappa shape index (κ3) is 8.36. The Bertz CT molecular complexity index is 1130. The summed E-state index contributed by atoms with van der Waals surface area (Å²) < 4.78 is 102. The Morgan fingerprint density at radius 3 is 2.05 bits per heavy atom. The third-order valence-electron chi connectivity index (χ3n) is 7.42. The van der Waals surface area contributed by atoms with Gasteiger partial charge in [-0.3, -0.25) is 4.90 Å². The average Bonchev–Trinajstić information content (AvgIpc) is 3.25. The molecule has 2 heterocycles. The van der Waals surface area contributed by atoms with Crippen LogP contribution in [0.5, 0.6) is 0 Å². The van der Waals surface area contributed by atoms with Gasteiger partial charge in [0.2, 0.25) is 0 Å². The molecule has 0 atom stereocenters. The first-order valence-corrected chi connectivity index (χ1v) is 13.6. The van der Waals surface area contributed by atoms with Crippen LogP contribution in [0.1, 0.15) is 47.6 Å². The molecule has 2 fully saturated rings. The zero-order chi connectivity index (χ0) is 30.4. The number of nitrogens with zero attached hydrogens (tertiary/aromatic N) is 2. The number of alkyl halides is 6. The first-order chi connectivity index (χ1) is 19.9. The molecule has 0 aromatic heterocycles. The molecule has 2 saturated heterocycles. The third-order valence-corrected chi connectivity index (χ3v) is 7.42. The van der Waals surface area contributed by atoms with Gasteiger partial charge in [-0.25, -0.2) is 4.79 Å². The van der Waals surface area contributed by atoms with E-state index in [0.717, 1.165) is 24.3 Å². The maximum atomic E-state index is 13.4. The summed E-state index contributed by atoms with van der Waals surface area (Å²) in [6.45, 7) is 3.40. The quantitative estimate of drug-likeness (QED) is 0.215. The lowest BCUT2D eigenvalue weighted by molar-refractivity contribution is -0.138. The average molecular weight is 605 g/mol. The lowest BCUT2D eigenvalue weighted by Gasteiger charge is -2.37. The van der Waals surface area contributed by atoms with E-state index in [9.17, 15) is 31.1 Å². The summed E-state index contributed by atoms with van der Waals surface area (Å²) in [5.74, 6) is 0. The maximum Gasteiger partial charge on any atom is 0.416 e. The van der Waals surface area contributed by atoms with Crippen molar-refractivity contribution in [3.8, 4) is 0 Å². The number of carbonyl (C=O) groups excluding carboxylic acids is 1. The lowest BCUT2D eigenvalue weighted by Crippen LogP contribution is -2.47. The number of ether oxygens (including phenoxy) is 4. The van der Waals surface area contributed by atoms with Crippen LogP contribution in [-0.2, 0) is 31.3 Å². The van der Waals surface area contributed by atoms with Crippen LogP contribution in [0.3, 0.4) is 0 Å². The van der Waals surface area contributed by atoms with Crippen molar-refractivity contribution in [2.75, 3.05) is 59.8 Å². The smallest absolute Gasteiger partial charge is 0.416 e. The molecule has 42 heavy (non-hydrogen) atoms. The fourth-order valence-corrected chi connectivity index (χ4v) is 5.18. The van der Waals surface area contributed by atoms with Gasteiger partial charge >= 0.3 is 18.4 Å². The van der Waals surface area contributed by atoms with E-state index >= 15 is 0 Å². The Balaban J connectivity index is 1.33. The zero-order valence-corrected chi connectivity index (χ0v) is 23.2. The fourth-order valence-electron chi connectivity index (χ4n) is 5.18. The molecule has 1 spiro atoms. The summed E-state index contributed by atoms with van der Waals surface area (Å²) in [5.41, 5.74) is -2.16. The van der Waals surface area contributed by atoms with Crippen LogP contribution in [0.25, 0.3) is 0 Å². The summed E-state index contributed by atoms with van der Waals surface area (Å²) in [7, 11) is 1.56. The molecule has 13 heteroatoms. The van der Waals surface area contributed by atoms with Gasteiger partial charge in [-0.05, 0) is 41.8 Å². The highest BCUT2D eigenvalue weighted by atomic mass is 19.4. The van der Waals surface area contributed by atoms with Crippen LogP contribution in [0.15, 0.2) is 48.5 Å². The topological polar surface area (TPSA) is 60.5 Å². The Morgan fingerprint density at radius 2 is 1.50 bits per heavy atom. The van der Waals surface area contributed by atoms with Crippen molar-refractivity contribution in [1.82, 2.24) is 9.80 Å². The van der Waals surface area contributed by atoms with E-state index < -0.39 is 41.3 Å². The molecule has 0 bridgehead atoms. The van der Waals surface area contributed by atoms with Gasteiger partial charge in [0.25, 0.3) is 0 Å². The maximum absolute atomic E-state index is 13.4. The first-order valence-electron chi connectivity index (χ1n) is 13.6. The van der Waals surface area contributed by atoms with Crippen molar-refractivity contribution >= 4 is 6.09 Å². The highest BCUT2D eigenvalue weighted by Crippen LogP contribution is 2.37. The van der Waals surface area contributed by atoms with Gasteiger partial charge in [0, 0.05) is 46.2 Å². The Hall–Kier alpha value is -2.87. The predicted molar refractivity (Wildman–Crippen MR) is 140 cm³/mol. The molecule has 0 saturated carbocycles. The summed E-state index contributed by atoms with van der Waals surface area (Å²) in [6, 6.07) is 8.89. The first kappa shape index (κ1) is 32.1. The highest BCUT2D eigenvalue weighted by Gasteiger charge is 2.46. The molecule has 4 rings (SSSR count). The lowest BCUT2D eigenvalue weighted by atomic mass is 9.91. The van der Waals surface area contributed by atoms with Crippen molar-refractivity contribution in [3.05, 3.63) is 70.8 Å². The number of carbonyl (C=O) groups is 1. The fraction of sp³-hybridized carbons (Fsp3) is 0.552. The molecule has 0 aliphatic carbocycles. The standard InChI is InChI=1S/C29H34F6N2O5/c1-39-15-16-40-20-37-19-27(42-26(37)38)9-12-36(13-10-27)11-4-14-41-25(21-5-2-7-23(17-21)28(30,31)32)22-6-3-8-24(18-22)29(33,34)35/h2-3,5-8,17-18,25H,4,9-16,19-20H2,1H3. The minimum absolute atomic E-state index is 0.111. The monoisotopic (exact) mass is 604 g/mol. The van der Waals surface area contributed by atoms with Gasteiger partial charge in [-0.15, -0.1) is 0 Å². The van der Waals surface area contributed by atoms with Crippen molar-refractivity contribution in [3.63, 3.8) is 0 Å². The number of hydrogen-bond donors (Lipinski definition) is 0. The van der Waals surface area contributed by atoms with Crippen LogP contribution in [-0.4, -0.2) is 81.3 Å². The second kappa shape index (κ2) is 13.6. The number of halogens is 6. The molecule has 0 N–H and O–H groups in total. The molecule has 1 amide bonds. The SMILES string of the molecule is COCCOCN1CC2(CCN(CCCOC(c3cccc(C(F)(F)F)c3)c3cccc(C(F)(F)F)c3)CC2)OC1=O. The molecule has 2 aliphatic heterocycles. The van der Waals surface area contributed by atoms with Crippen molar-refractivity contribution in [2.45, 2.75) is 43.3 Å². The van der Waals surface area contributed by atoms with E-state index in [2.05, 4.69) is 4.90 Å². The van der Waals surface area contributed by atoms with Gasteiger partial charge in [-0.2, -0.15) is 26.3 Å². The Labute approximate surface area is 240 Å². The normalized spacial score (nSPS) is 17.8. The number of amides is 1. The number of piperidine rings is 1. The molecule has 232 valence electrons. The number of methoxy groups -OCH3 is 1. The summed E-state index contributed by atoms with van der Waals surface area (Å²) in [6.07, 6.45) is -8.99. The number of hydrogen-bond acceptors (Lipinski definition) is 6. The van der Waals surface area contributed by atoms with Crippen molar-refractivity contribution < 1.29 is 50.1 Å². The van der Waals surface area contributed by atoms with E-state index in [1.54, 1.807) is 7.11 Å². The molecular weight excluding hydrogens is 570 g/mol. The number of rotatable bonds is 12. The largest absolute Gasteiger partial charge is 0.441 e. The van der Waals surface area contributed by atoms with Crippen molar-refractivity contribution in [2.24, 2.45) is 0 Å². The Kier molecular flexibility index (Phi) is 10.4. The van der Waals surface area contributed by atoms with Gasteiger partial charge < -0.3 is 23.8 Å². The zero-order valence-electron chi connectivity index (χ0n) is 23.2. The number of likely N-dealkylation sites (tertiary alicyclic amines) is 1. The van der Waals surface area contributed by atoms with E-state index in [0.29, 0.717) is 58.7 Å². The summed E-state index contributed by atoms with van der Waals surface area (Å²) >= 11 is 0. The van der Waals surface area contributed by atoms with Crippen LogP contribution < -0.4 is 0 Å². The van der Waals surface area contributed by atoms with Crippen LogP contribution >= 0.6 is 0 Å². The van der Waals surface area contributed by atoms with Crippen LogP contribution in [0, 0.1) is 0 Å². The van der Waals surface area contributed by atoms with E-state index in [4.69, 9.17) is 18.9 Å². The minimum Gasteiger partial charge on any atom is -0.441 e.